The maximum absolute atomic E-state index is 4.78. The number of hydrogen-bond donors (Lipinski definition) is 1. The molecule has 110 valence electrons. The van der Waals surface area contributed by atoms with Gasteiger partial charge in [0.25, 0.3) is 0 Å². The van der Waals surface area contributed by atoms with E-state index in [-0.39, 0.29) is 0 Å². The molecule has 0 saturated heterocycles. The Labute approximate surface area is 140 Å². The first-order chi connectivity index (χ1) is 11.4. The standard InChI is InChI=1S/C18H11N3S2/c1-2-8-14-13(6-1)20-18(22-14)17-16-11(12-7-4-10-19-12)5-3-9-15(16)23-21-17/h1-10,19H. The van der Waals surface area contributed by atoms with Gasteiger partial charge in [0.05, 0.1) is 14.9 Å². The molecule has 5 rings (SSSR count). The van der Waals surface area contributed by atoms with Gasteiger partial charge in [-0.2, -0.15) is 4.37 Å². The highest BCUT2D eigenvalue weighted by Gasteiger charge is 2.17. The van der Waals surface area contributed by atoms with E-state index in [1.807, 2.05) is 24.4 Å². The van der Waals surface area contributed by atoms with Gasteiger partial charge < -0.3 is 4.98 Å². The molecule has 0 radical (unpaired) electrons. The summed E-state index contributed by atoms with van der Waals surface area (Å²) in [6.07, 6.45) is 1.95. The number of nitrogens with one attached hydrogen (secondary N) is 1. The third kappa shape index (κ3) is 2.01. The van der Waals surface area contributed by atoms with Crippen molar-refractivity contribution in [1.82, 2.24) is 14.3 Å². The van der Waals surface area contributed by atoms with Gasteiger partial charge in [-0.05, 0) is 41.9 Å². The first kappa shape index (κ1) is 13.0. The number of rotatable bonds is 2. The van der Waals surface area contributed by atoms with Crippen molar-refractivity contribution in [3.8, 4) is 22.0 Å². The first-order valence-electron chi connectivity index (χ1n) is 7.28. The number of aromatic amines is 1. The van der Waals surface area contributed by atoms with Crippen LogP contribution in [0, 0.1) is 0 Å². The maximum Gasteiger partial charge on any atom is 0.144 e. The van der Waals surface area contributed by atoms with Crippen LogP contribution < -0.4 is 0 Å². The maximum atomic E-state index is 4.78. The minimum atomic E-state index is 0.983. The summed E-state index contributed by atoms with van der Waals surface area (Å²) >= 11 is 3.23. The summed E-state index contributed by atoms with van der Waals surface area (Å²) in [5.74, 6) is 0. The van der Waals surface area contributed by atoms with Crippen LogP contribution in [0.1, 0.15) is 0 Å². The Hall–Kier alpha value is -2.50. The summed E-state index contributed by atoms with van der Waals surface area (Å²) in [4.78, 5) is 8.08. The number of nitrogens with zero attached hydrogens (tertiary/aromatic N) is 2. The second kappa shape index (κ2) is 5.01. The molecule has 0 saturated carbocycles. The Balaban J connectivity index is 1.82. The van der Waals surface area contributed by atoms with E-state index in [0.717, 1.165) is 21.9 Å². The molecule has 0 amide bonds. The van der Waals surface area contributed by atoms with Gasteiger partial charge in [-0.3, -0.25) is 0 Å². The molecule has 0 unspecified atom stereocenters. The number of benzene rings is 2. The summed E-state index contributed by atoms with van der Waals surface area (Å²) in [6, 6.07) is 18.7. The molecule has 23 heavy (non-hydrogen) atoms. The van der Waals surface area contributed by atoms with Gasteiger partial charge in [-0.1, -0.05) is 24.3 Å². The second-order valence-electron chi connectivity index (χ2n) is 5.28. The zero-order chi connectivity index (χ0) is 15.2. The van der Waals surface area contributed by atoms with E-state index in [0.29, 0.717) is 0 Å². The molecule has 0 atom stereocenters. The summed E-state index contributed by atoms with van der Waals surface area (Å²) in [5.41, 5.74) is 4.30. The van der Waals surface area contributed by atoms with Gasteiger partial charge in [0.15, 0.2) is 0 Å². The summed E-state index contributed by atoms with van der Waals surface area (Å²) in [6.45, 7) is 0. The topological polar surface area (TPSA) is 41.6 Å². The molecule has 5 heteroatoms. The van der Waals surface area contributed by atoms with Crippen LogP contribution in [0.5, 0.6) is 0 Å². The van der Waals surface area contributed by atoms with Crippen LogP contribution in [0.3, 0.4) is 0 Å². The molecule has 3 heterocycles. The van der Waals surface area contributed by atoms with Crippen LogP contribution in [0.4, 0.5) is 0 Å². The molecule has 0 aliphatic heterocycles. The predicted molar refractivity (Wildman–Crippen MR) is 98.0 cm³/mol. The van der Waals surface area contributed by atoms with E-state index < -0.39 is 0 Å². The van der Waals surface area contributed by atoms with Crippen molar-refractivity contribution >= 4 is 43.2 Å². The molecule has 0 aliphatic rings. The van der Waals surface area contributed by atoms with E-state index in [1.54, 1.807) is 11.3 Å². The van der Waals surface area contributed by atoms with Crippen LogP contribution in [0.25, 0.3) is 42.3 Å². The SMILES string of the molecule is c1c[nH]c(-c2cccc3snc(-c4nc5ccccc5s4)c23)c1. The summed E-state index contributed by atoms with van der Waals surface area (Å²) in [7, 11) is 0. The molecule has 0 spiro atoms. The van der Waals surface area contributed by atoms with E-state index in [9.17, 15) is 0 Å². The summed E-state index contributed by atoms with van der Waals surface area (Å²) in [5, 5.41) is 2.16. The molecule has 5 aromatic rings. The Morgan fingerprint density at radius 1 is 0.870 bits per heavy atom. The first-order valence-corrected chi connectivity index (χ1v) is 8.87. The molecular weight excluding hydrogens is 322 g/mol. The Kier molecular flexibility index (Phi) is 2.83. The predicted octanol–water partition coefficient (Wildman–Crippen LogP) is 5.57. The van der Waals surface area contributed by atoms with Crippen LogP contribution in [0.15, 0.2) is 60.8 Å². The lowest BCUT2D eigenvalue weighted by Crippen LogP contribution is -1.82. The lowest BCUT2D eigenvalue weighted by molar-refractivity contribution is 1.41. The Morgan fingerprint density at radius 3 is 2.65 bits per heavy atom. The monoisotopic (exact) mass is 333 g/mol. The lowest BCUT2D eigenvalue weighted by atomic mass is 10.1. The second-order valence-corrected chi connectivity index (χ2v) is 7.12. The van der Waals surface area contributed by atoms with Gasteiger partial charge in [-0.25, -0.2) is 4.98 Å². The van der Waals surface area contributed by atoms with Gasteiger partial charge in [0, 0.05) is 22.8 Å². The molecule has 1 N–H and O–H groups in total. The smallest absolute Gasteiger partial charge is 0.144 e. The molecule has 2 aromatic carbocycles. The van der Waals surface area contributed by atoms with Crippen molar-refractivity contribution < 1.29 is 0 Å². The van der Waals surface area contributed by atoms with Crippen molar-refractivity contribution in [1.29, 1.82) is 0 Å². The number of fused-ring (bicyclic) bond motifs is 2. The van der Waals surface area contributed by atoms with Crippen molar-refractivity contribution in [2.24, 2.45) is 0 Å². The molecular formula is C18H11N3S2. The van der Waals surface area contributed by atoms with Crippen molar-refractivity contribution in [3.05, 3.63) is 60.8 Å². The normalized spacial score (nSPS) is 11.5. The van der Waals surface area contributed by atoms with Crippen molar-refractivity contribution in [3.63, 3.8) is 0 Å². The fraction of sp³-hybridized carbons (Fsp3) is 0. The van der Waals surface area contributed by atoms with E-state index in [1.165, 1.54) is 31.9 Å². The minimum Gasteiger partial charge on any atom is -0.361 e. The van der Waals surface area contributed by atoms with E-state index in [2.05, 4.69) is 41.4 Å². The third-order valence-corrected chi connectivity index (χ3v) is 5.74. The molecule has 0 fully saturated rings. The average Bonchev–Trinajstić information content (AvgIpc) is 3.32. The van der Waals surface area contributed by atoms with Crippen LogP contribution in [0.2, 0.25) is 0 Å². The Bertz CT molecular complexity index is 1090. The van der Waals surface area contributed by atoms with Crippen molar-refractivity contribution in [2.75, 3.05) is 0 Å². The molecule has 0 aliphatic carbocycles. The van der Waals surface area contributed by atoms with Crippen LogP contribution in [-0.4, -0.2) is 14.3 Å². The molecule has 3 aromatic heterocycles. The molecule has 0 bridgehead atoms. The highest BCUT2D eigenvalue weighted by molar-refractivity contribution is 7.22. The minimum absolute atomic E-state index is 0.983. The van der Waals surface area contributed by atoms with Crippen LogP contribution in [-0.2, 0) is 0 Å². The fourth-order valence-electron chi connectivity index (χ4n) is 2.83. The number of H-pyrrole nitrogens is 1. The number of aromatic nitrogens is 3. The number of para-hydroxylation sites is 1. The number of hydrogen-bond acceptors (Lipinski definition) is 4. The lowest BCUT2D eigenvalue weighted by Gasteiger charge is -2.02. The highest BCUT2D eigenvalue weighted by atomic mass is 32.1. The largest absolute Gasteiger partial charge is 0.361 e. The van der Waals surface area contributed by atoms with Gasteiger partial charge in [0.1, 0.15) is 10.7 Å². The Morgan fingerprint density at radius 2 is 1.78 bits per heavy atom. The van der Waals surface area contributed by atoms with Gasteiger partial charge in [0.2, 0.25) is 0 Å². The van der Waals surface area contributed by atoms with E-state index >= 15 is 0 Å². The van der Waals surface area contributed by atoms with Gasteiger partial charge >= 0.3 is 0 Å². The van der Waals surface area contributed by atoms with Crippen molar-refractivity contribution in [2.45, 2.75) is 0 Å². The highest BCUT2D eigenvalue weighted by Crippen LogP contribution is 2.40. The fourth-order valence-corrected chi connectivity index (χ4v) is 4.66. The van der Waals surface area contributed by atoms with E-state index in [4.69, 9.17) is 9.36 Å². The zero-order valence-corrected chi connectivity index (χ0v) is 13.6. The average molecular weight is 333 g/mol. The quantitative estimate of drug-likeness (QED) is 0.459. The zero-order valence-electron chi connectivity index (χ0n) is 12.0. The number of thiazole rings is 1. The van der Waals surface area contributed by atoms with Crippen LogP contribution >= 0.6 is 22.9 Å². The molecule has 3 nitrogen and oxygen atoms in total. The third-order valence-electron chi connectivity index (χ3n) is 3.88. The van der Waals surface area contributed by atoms with Gasteiger partial charge in [-0.15, -0.1) is 11.3 Å². The summed E-state index contributed by atoms with van der Waals surface area (Å²) < 4.78 is 7.09.